The number of hydrogen-bond donors (Lipinski definition) is 0. The molecular formula is C28H36F2O. The molecule has 0 amide bonds. The van der Waals surface area contributed by atoms with Crippen molar-refractivity contribution in [3.05, 3.63) is 53.6 Å². The first kappa shape index (κ1) is 22.3. The summed E-state index contributed by atoms with van der Waals surface area (Å²) in [5, 5.41) is 0.683. The summed E-state index contributed by atoms with van der Waals surface area (Å²) in [5.74, 6) is 2.17. The average Bonchev–Trinajstić information content (AvgIpc) is 2.77. The lowest BCUT2D eigenvalue weighted by Crippen LogP contribution is -2.30. The van der Waals surface area contributed by atoms with Gasteiger partial charge >= 0.3 is 0 Å². The van der Waals surface area contributed by atoms with E-state index in [2.05, 4.69) is 6.92 Å². The predicted molar refractivity (Wildman–Crippen MR) is 125 cm³/mol. The minimum Gasteiger partial charge on any atom is -0.489 e. The molecule has 168 valence electrons. The van der Waals surface area contributed by atoms with E-state index in [-0.39, 0.29) is 17.1 Å². The zero-order valence-electron chi connectivity index (χ0n) is 19.0. The third-order valence-corrected chi connectivity index (χ3v) is 7.72. The van der Waals surface area contributed by atoms with Crippen molar-refractivity contribution in [2.45, 2.75) is 77.6 Å². The minimum atomic E-state index is -0.530. The first-order chi connectivity index (χ1) is 15.1. The van der Waals surface area contributed by atoms with Crippen molar-refractivity contribution in [2.24, 2.45) is 17.8 Å². The minimum absolute atomic E-state index is 0.112. The molecule has 0 heterocycles. The maximum absolute atomic E-state index is 15.5. The van der Waals surface area contributed by atoms with Gasteiger partial charge in [-0.1, -0.05) is 56.9 Å². The summed E-state index contributed by atoms with van der Waals surface area (Å²) in [6.45, 7) is 4.56. The van der Waals surface area contributed by atoms with Gasteiger partial charge in [0.1, 0.15) is 24.0 Å². The van der Waals surface area contributed by atoms with E-state index in [1.807, 2.05) is 31.2 Å². The van der Waals surface area contributed by atoms with Gasteiger partial charge in [-0.15, -0.1) is 0 Å². The first-order valence-electron chi connectivity index (χ1n) is 12.3. The number of allylic oxidation sites excluding steroid dienone is 1. The summed E-state index contributed by atoms with van der Waals surface area (Å²) in [7, 11) is 0. The quantitative estimate of drug-likeness (QED) is 0.403. The number of benzene rings is 2. The molecule has 4 rings (SSSR count). The molecule has 0 aliphatic heterocycles. The third kappa shape index (κ3) is 4.96. The summed E-state index contributed by atoms with van der Waals surface area (Å²) >= 11 is 0. The predicted octanol–water partition coefficient (Wildman–Crippen LogP) is 8.56. The molecule has 0 radical (unpaired) electrons. The molecule has 2 aromatic carbocycles. The van der Waals surface area contributed by atoms with Crippen LogP contribution in [0.15, 0.2) is 36.4 Å². The Morgan fingerprint density at radius 1 is 1.03 bits per heavy atom. The maximum atomic E-state index is 15.5. The van der Waals surface area contributed by atoms with Crippen LogP contribution in [0.2, 0.25) is 0 Å². The van der Waals surface area contributed by atoms with Crippen LogP contribution in [0, 0.1) is 29.4 Å². The SMILES string of the molecule is C/C=C/COc1cc(F)c2c(F)c(C3CCC4CC(CCCC)CCC4C3)ccc2c1. The second-order valence-corrected chi connectivity index (χ2v) is 9.70. The molecule has 0 bridgehead atoms. The molecule has 31 heavy (non-hydrogen) atoms. The summed E-state index contributed by atoms with van der Waals surface area (Å²) < 4.78 is 35.9. The Balaban J connectivity index is 1.49. The van der Waals surface area contributed by atoms with Crippen molar-refractivity contribution >= 4 is 10.8 Å². The van der Waals surface area contributed by atoms with E-state index in [4.69, 9.17) is 4.74 Å². The van der Waals surface area contributed by atoms with Gasteiger partial charge in [-0.3, -0.25) is 0 Å². The Hall–Kier alpha value is -1.90. The highest BCUT2D eigenvalue weighted by molar-refractivity contribution is 5.86. The summed E-state index contributed by atoms with van der Waals surface area (Å²) in [4.78, 5) is 0. The van der Waals surface area contributed by atoms with Gasteiger partial charge in [0.2, 0.25) is 0 Å². The van der Waals surface area contributed by atoms with E-state index in [1.54, 1.807) is 6.07 Å². The Morgan fingerprint density at radius 2 is 1.84 bits per heavy atom. The van der Waals surface area contributed by atoms with Crippen LogP contribution in [-0.2, 0) is 0 Å². The van der Waals surface area contributed by atoms with E-state index in [1.165, 1.54) is 51.0 Å². The van der Waals surface area contributed by atoms with Gasteiger partial charge in [0, 0.05) is 6.07 Å². The molecule has 4 unspecified atom stereocenters. The Bertz CT molecular complexity index is 919. The van der Waals surface area contributed by atoms with Gasteiger partial charge in [0.05, 0.1) is 5.39 Å². The van der Waals surface area contributed by atoms with Crippen LogP contribution in [-0.4, -0.2) is 6.61 Å². The normalized spacial score (nSPS) is 26.3. The molecule has 3 heteroatoms. The summed E-state index contributed by atoms with van der Waals surface area (Å²) in [5.41, 5.74) is 0.709. The van der Waals surface area contributed by atoms with E-state index in [0.29, 0.717) is 29.2 Å². The highest BCUT2D eigenvalue weighted by Crippen LogP contribution is 2.49. The van der Waals surface area contributed by atoms with Crippen LogP contribution in [0.1, 0.15) is 83.1 Å². The van der Waals surface area contributed by atoms with Gasteiger partial charge in [-0.2, -0.15) is 0 Å². The lowest BCUT2D eigenvalue weighted by Gasteiger charge is -2.42. The van der Waals surface area contributed by atoms with Crippen molar-refractivity contribution in [1.29, 1.82) is 0 Å². The molecular weight excluding hydrogens is 390 g/mol. The second kappa shape index (κ2) is 10.1. The Kier molecular flexibility index (Phi) is 7.30. The van der Waals surface area contributed by atoms with Crippen LogP contribution in [0.4, 0.5) is 8.78 Å². The zero-order valence-corrected chi connectivity index (χ0v) is 19.0. The zero-order chi connectivity index (χ0) is 21.8. The van der Waals surface area contributed by atoms with E-state index >= 15 is 4.39 Å². The molecule has 1 nitrogen and oxygen atoms in total. The molecule has 0 spiro atoms. The number of fused-ring (bicyclic) bond motifs is 2. The molecule has 0 saturated heterocycles. The molecule has 2 aliphatic rings. The van der Waals surface area contributed by atoms with Crippen LogP contribution >= 0.6 is 0 Å². The topological polar surface area (TPSA) is 9.23 Å². The fourth-order valence-electron chi connectivity index (χ4n) is 6.03. The monoisotopic (exact) mass is 426 g/mol. The number of unbranched alkanes of at least 4 members (excludes halogenated alkanes) is 1. The number of halogens is 2. The number of ether oxygens (including phenoxy) is 1. The summed E-state index contributed by atoms with van der Waals surface area (Å²) in [6.07, 6.45) is 15.0. The molecule has 0 N–H and O–H groups in total. The van der Waals surface area contributed by atoms with Crippen LogP contribution in [0.3, 0.4) is 0 Å². The van der Waals surface area contributed by atoms with Gasteiger partial charge in [0.25, 0.3) is 0 Å². The molecule has 2 fully saturated rings. The lowest BCUT2D eigenvalue weighted by atomic mass is 9.63. The largest absolute Gasteiger partial charge is 0.489 e. The second-order valence-electron chi connectivity index (χ2n) is 9.70. The van der Waals surface area contributed by atoms with Gasteiger partial charge in [0.15, 0.2) is 0 Å². The van der Waals surface area contributed by atoms with Crippen molar-refractivity contribution in [3.8, 4) is 5.75 Å². The fourth-order valence-corrected chi connectivity index (χ4v) is 6.03. The lowest BCUT2D eigenvalue weighted by molar-refractivity contribution is 0.113. The fraction of sp³-hybridized carbons (Fsp3) is 0.571. The van der Waals surface area contributed by atoms with Crippen molar-refractivity contribution in [2.75, 3.05) is 6.61 Å². The van der Waals surface area contributed by atoms with Crippen molar-refractivity contribution in [3.63, 3.8) is 0 Å². The van der Waals surface area contributed by atoms with Crippen LogP contribution < -0.4 is 4.74 Å². The van der Waals surface area contributed by atoms with E-state index < -0.39 is 5.82 Å². The van der Waals surface area contributed by atoms with Gasteiger partial charge < -0.3 is 4.74 Å². The molecule has 4 atom stereocenters. The average molecular weight is 427 g/mol. The molecule has 2 aliphatic carbocycles. The molecule has 2 saturated carbocycles. The number of rotatable bonds is 7. The standard InChI is InChI=1S/C28H36F2O/c1-3-5-7-19-8-9-21-16-22(11-10-20(21)15-19)25-13-12-23-17-24(31-14-6-4-2)18-26(29)27(23)28(25)30/h4,6,12-13,17-22H,3,5,7-11,14-16H2,1-2H3/b6-4+. The first-order valence-corrected chi connectivity index (χ1v) is 12.3. The Morgan fingerprint density at radius 3 is 2.65 bits per heavy atom. The van der Waals surface area contributed by atoms with Gasteiger partial charge in [-0.25, -0.2) is 8.78 Å². The third-order valence-electron chi connectivity index (χ3n) is 7.72. The maximum Gasteiger partial charge on any atom is 0.137 e. The highest BCUT2D eigenvalue weighted by Gasteiger charge is 2.36. The van der Waals surface area contributed by atoms with Crippen LogP contribution in [0.25, 0.3) is 10.8 Å². The van der Waals surface area contributed by atoms with Gasteiger partial charge in [-0.05, 0) is 79.7 Å². The highest BCUT2D eigenvalue weighted by atomic mass is 19.1. The summed E-state index contributed by atoms with van der Waals surface area (Å²) in [6, 6.07) is 6.81. The van der Waals surface area contributed by atoms with Crippen LogP contribution in [0.5, 0.6) is 5.75 Å². The Labute approximate surface area is 185 Å². The van der Waals surface area contributed by atoms with Crippen molar-refractivity contribution in [1.82, 2.24) is 0 Å². The van der Waals surface area contributed by atoms with E-state index in [9.17, 15) is 4.39 Å². The van der Waals surface area contributed by atoms with Crippen molar-refractivity contribution < 1.29 is 13.5 Å². The number of hydrogen-bond acceptors (Lipinski definition) is 1. The smallest absolute Gasteiger partial charge is 0.137 e. The molecule has 2 aromatic rings. The van der Waals surface area contributed by atoms with E-state index in [0.717, 1.165) is 24.7 Å². The molecule has 0 aromatic heterocycles.